The molecule has 10 aromatic carbocycles. The SMILES string of the molecule is Fc1ccc2c(c1)C(c1ccccc1)(c1ccc(-c3cccc4c3oc3cccc(-n5c6ccccc6c6cc(-c7cccc8c7oc7ccccc78)ccc65)c34)cc1)c1cc(F)ccc1-2. The van der Waals surface area contributed by atoms with Gasteiger partial charge in [-0.25, -0.2) is 8.78 Å². The lowest BCUT2D eigenvalue weighted by molar-refractivity contribution is 0.616. The fourth-order valence-corrected chi connectivity index (χ4v) is 11.3. The van der Waals surface area contributed by atoms with Gasteiger partial charge >= 0.3 is 0 Å². The molecule has 0 amide bonds. The Bertz CT molecular complexity index is 4090. The summed E-state index contributed by atoms with van der Waals surface area (Å²) in [5, 5.41) is 6.55. The first-order valence-corrected chi connectivity index (χ1v) is 22.2. The number of halogens is 2. The lowest BCUT2D eigenvalue weighted by Crippen LogP contribution is -2.28. The van der Waals surface area contributed by atoms with E-state index in [2.05, 4.69) is 132 Å². The smallest absolute Gasteiger partial charge is 0.143 e. The van der Waals surface area contributed by atoms with Crippen LogP contribution in [-0.4, -0.2) is 4.57 Å². The van der Waals surface area contributed by atoms with Crippen molar-refractivity contribution in [1.82, 2.24) is 4.57 Å². The summed E-state index contributed by atoms with van der Waals surface area (Å²) in [6.07, 6.45) is 0. The molecule has 0 fully saturated rings. The van der Waals surface area contributed by atoms with Gasteiger partial charge < -0.3 is 13.4 Å². The Kier molecular flexibility index (Phi) is 7.68. The van der Waals surface area contributed by atoms with E-state index in [1.165, 1.54) is 12.1 Å². The van der Waals surface area contributed by atoms with E-state index >= 15 is 8.78 Å². The zero-order chi connectivity index (χ0) is 43.7. The van der Waals surface area contributed by atoms with Gasteiger partial charge in [-0.2, -0.15) is 0 Å². The average molecular weight is 852 g/mol. The van der Waals surface area contributed by atoms with Crippen LogP contribution in [0.5, 0.6) is 0 Å². The Morgan fingerprint density at radius 3 is 1.70 bits per heavy atom. The monoisotopic (exact) mass is 851 g/mol. The predicted octanol–water partition coefficient (Wildman–Crippen LogP) is 16.6. The van der Waals surface area contributed by atoms with Crippen LogP contribution >= 0.6 is 0 Å². The van der Waals surface area contributed by atoms with Crippen molar-refractivity contribution < 1.29 is 17.6 Å². The molecule has 0 bridgehead atoms. The molecule has 13 aromatic rings. The summed E-state index contributed by atoms with van der Waals surface area (Å²) in [5.41, 5.74) is 14.9. The maximum Gasteiger partial charge on any atom is 0.143 e. The molecule has 14 rings (SSSR count). The Balaban J connectivity index is 0.927. The lowest BCUT2D eigenvalue weighted by Gasteiger charge is -2.34. The molecule has 0 radical (unpaired) electrons. The van der Waals surface area contributed by atoms with Gasteiger partial charge in [0.1, 0.15) is 34.0 Å². The van der Waals surface area contributed by atoms with Crippen molar-refractivity contribution >= 4 is 65.7 Å². The number of fused-ring (bicyclic) bond motifs is 12. The molecule has 0 atom stereocenters. The number of aromatic nitrogens is 1. The van der Waals surface area contributed by atoms with Crippen molar-refractivity contribution in [3.8, 4) is 39.1 Å². The highest BCUT2D eigenvalue weighted by molar-refractivity contribution is 6.17. The molecule has 0 saturated carbocycles. The molecule has 1 aliphatic rings. The topological polar surface area (TPSA) is 31.2 Å². The minimum absolute atomic E-state index is 0.336. The third-order valence-electron chi connectivity index (χ3n) is 14.0. The van der Waals surface area contributed by atoms with Gasteiger partial charge in [-0.1, -0.05) is 152 Å². The summed E-state index contributed by atoms with van der Waals surface area (Å²) in [6.45, 7) is 0. The maximum absolute atomic E-state index is 15.3. The minimum atomic E-state index is -0.946. The third kappa shape index (κ3) is 5.05. The van der Waals surface area contributed by atoms with Gasteiger partial charge in [0.2, 0.25) is 0 Å². The number of furan rings is 2. The van der Waals surface area contributed by atoms with Crippen molar-refractivity contribution in [3.63, 3.8) is 0 Å². The highest BCUT2D eigenvalue weighted by Gasteiger charge is 2.46. The van der Waals surface area contributed by atoms with Gasteiger partial charge in [0.25, 0.3) is 0 Å². The second-order valence-electron chi connectivity index (χ2n) is 17.4. The summed E-state index contributed by atoms with van der Waals surface area (Å²) in [4.78, 5) is 0. The number of benzene rings is 10. The van der Waals surface area contributed by atoms with Crippen LogP contribution in [0.2, 0.25) is 0 Å². The fraction of sp³-hybridized carbons (Fsp3) is 0.0164. The molecule has 0 saturated heterocycles. The van der Waals surface area contributed by atoms with Gasteiger partial charge in [-0.3, -0.25) is 0 Å². The van der Waals surface area contributed by atoms with Crippen molar-refractivity contribution in [3.05, 3.63) is 246 Å². The number of rotatable bonds is 5. The standard InChI is InChI=1S/C61H35F2NO2/c62-40-28-30-44-45-31-29-41(63)35-52(45)61(51(44)34-40,38-11-2-1-3-12-38)39-26-23-36(24-27-39)42-15-9-18-49-58-55(20-10-22-57(58)66-60(42)49)64-53-19-6-4-13-46(53)50-33-37(25-32-54(50)64)43-16-8-17-48-47-14-5-7-21-56(47)65-59(43)48/h1-35H. The van der Waals surface area contributed by atoms with Gasteiger partial charge in [-0.05, 0) is 105 Å². The van der Waals surface area contributed by atoms with E-state index in [-0.39, 0.29) is 11.6 Å². The molecular weight excluding hydrogens is 817 g/mol. The second-order valence-corrected chi connectivity index (χ2v) is 17.4. The van der Waals surface area contributed by atoms with Crippen LogP contribution in [0, 0.1) is 11.6 Å². The molecule has 3 heterocycles. The summed E-state index contributed by atoms with van der Waals surface area (Å²) < 4.78 is 46.3. The highest BCUT2D eigenvalue weighted by atomic mass is 19.1. The van der Waals surface area contributed by atoms with Gasteiger partial charge in [0.05, 0.1) is 27.5 Å². The van der Waals surface area contributed by atoms with Crippen LogP contribution in [0.25, 0.3) is 105 Å². The summed E-state index contributed by atoms with van der Waals surface area (Å²) in [6, 6.07) is 70.8. The number of hydrogen-bond donors (Lipinski definition) is 0. The molecule has 0 spiro atoms. The van der Waals surface area contributed by atoms with E-state index in [0.717, 1.165) is 127 Å². The van der Waals surface area contributed by atoms with Gasteiger partial charge in [0, 0.05) is 38.1 Å². The Hall–Kier alpha value is -8.54. The van der Waals surface area contributed by atoms with E-state index in [9.17, 15) is 0 Å². The van der Waals surface area contributed by atoms with Crippen LogP contribution < -0.4 is 0 Å². The molecule has 310 valence electrons. The number of hydrogen-bond acceptors (Lipinski definition) is 2. The van der Waals surface area contributed by atoms with Crippen molar-refractivity contribution in [2.75, 3.05) is 0 Å². The summed E-state index contributed by atoms with van der Waals surface area (Å²) in [5.74, 6) is -0.672. The minimum Gasteiger partial charge on any atom is -0.455 e. The zero-order valence-corrected chi connectivity index (χ0v) is 35.2. The molecular formula is C61H35F2NO2. The maximum atomic E-state index is 15.3. The quantitative estimate of drug-likeness (QED) is 0.173. The highest BCUT2D eigenvalue weighted by Crippen LogP contribution is 2.57. The molecule has 3 nitrogen and oxygen atoms in total. The van der Waals surface area contributed by atoms with E-state index in [1.807, 2.05) is 60.7 Å². The first-order valence-electron chi connectivity index (χ1n) is 22.2. The van der Waals surface area contributed by atoms with E-state index in [0.29, 0.717) is 0 Å². The van der Waals surface area contributed by atoms with Crippen molar-refractivity contribution in [2.24, 2.45) is 0 Å². The van der Waals surface area contributed by atoms with Gasteiger partial charge in [-0.15, -0.1) is 0 Å². The van der Waals surface area contributed by atoms with Crippen molar-refractivity contribution in [1.29, 1.82) is 0 Å². The van der Waals surface area contributed by atoms with E-state index in [4.69, 9.17) is 8.83 Å². The molecule has 1 aliphatic carbocycles. The molecule has 0 N–H and O–H groups in total. The first kappa shape index (κ1) is 36.9. The largest absolute Gasteiger partial charge is 0.455 e. The van der Waals surface area contributed by atoms with E-state index in [1.54, 1.807) is 12.1 Å². The van der Waals surface area contributed by atoms with Crippen LogP contribution in [0.4, 0.5) is 8.78 Å². The molecule has 5 heteroatoms. The Labute approximate surface area is 377 Å². The zero-order valence-electron chi connectivity index (χ0n) is 35.2. The first-order chi connectivity index (χ1) is 32.5. The Morgan fingerprint density at radius 2 is 0.924 bits per heavy atom. The number of nitrogens with zero attached hydrogens (tertiary/aromatic N) is 1. The summed E-state index contributed by atoms with van der Waals surface area (Å²) >= 11 is 0. The molecule has 66 heavy (non-hydrogen) atoms. The predicted molar refractivity (Wildman–Crippen MR) is 263 cm³/mol. The summed E-state index contributed by atoms with van der Waals surface area (Å²) in [7, 11) is 0. The third-order valence-corrected chi connectivity index (χ3v) is 14.0. The van der Waals surface area contributed by atoms with E-state index < -0.39 is 5.41 Å². The average Bonchev–Trinajstić information content (AvgIpc) is 4.11. The number of para-hydroxylation sites is 4. The molecule has 0 aliphatic heterocycles. The molecule has 0 unspecified atom stereocenters. The van der Waals surface area contributed by atoms with Crippen LogP contribution in [-0.2, 0) is 5.41 Å². The van der Waals surface area contributed by atoms with Crippen molar-refractivity contribution in [2.45, 2.75) is 5.41 Å². The lowest BCUT2D eigenvalue weighted by atomic mass is 9.67. The van der Waals surface area contributed by atoms with Crippen LogP contribution in [0.15, 0.2) is 221 Å². The Morgan fingerprint density at radius 1 is 0.364 bits per heavy atom. The van der Waals surface area contributed by atoms with Gasteiger partial charge in [0.15, 0.2) is 0 Å². The fourth-order valence-electron chi connectivity index (χ4n) is 11.3. The van der Waals surface area contributed by atoms with Crippen LogP contribution in [0.1, 0.15) is 22.3 Å². The normalized spacial score (nSPS) is 13.1. The van der Waals surface area contributed by atoms with Crippen LogP contribution in [0.3, 0.4) is 0 Å². The second kappa shape index (κ2) is 13.7. The molecule has 3 aromatic heterocycles.